The van der Waals surface area contributed by atoms with E-state index in [1.807, 2.05) is 37.2 Å². The maximum atomic E-state index is 14.9. The Labute approximate surface area is 213 Å². The maximum Gasteiger partial charge on any atom is 0.255 e. The molecule has 0 bridgehead atoms. The van der Waals surface area contributed by atoms with Crippen molar-refractivity contribution >= 4 is 28.7 Å². The Kier molecular flexibility index (Phi) is 6.55. The lowest BCUT2D eigenvalue weighted by molar-refractivity contribution is 0.0655. The Hall–Kier alpha value is -3.99. The minimum Gasteiger partial charge on any atom is -0.333 e. The predicted octanol–water partition coefficient (Wildman–Crippen LogP) is 4.23. The van der Waals surface area contributed by atoms with Gasteiger partial charge in [-0.1, -0.05) is 0 Å². The van der Waals surface area contributed by atoms with Gasteiger partial charge in [0, 0.05) is 43.5 Å². The molecular formula is C26H28F2N8O. The van der Waals surface area contributed by atoms with Crippen molar-refractivity contribution in [2.24, 2.45) is 0 Å². The lowest BCUT2D eigenvalue weighted by Crippen LogP contribution is -2.52. The zero-order chi connectivity index (χ0) is 26.3. The van der Waals surface area contributed by atoms with Crippen LogP contribution >= 0.6 is 0 Å². The van der Waals surface area contributed by atoms with Crippen molar-refractivity contribution in [1.82, 2.24) is 34.7 Å². The van der Waals surface area contributed by atoms with Crippen molar-refractivity contribution in [2.45, 2.75) is 39.8 Å². The molecule has 0 saturated carbocycles. The summed E-state index contributed by atoms with van der Waals surface area (Å²) in [5, 5.41) is 6.20. The van der Waals surface area contributed by atoms with Gasteiger partial charge in [-0.05, 0) is 52.0 Å². The molecule has 1 fully saturated rings. The molecule has 2 N–H and O–H groups in total. The second-order valence-corrected chi connectivity index (χ2v) is 9.45. The number of carbonyl (C=O) groups excluding carboxylic acids is 1. The van der Waals surface area contributed by atoms with Gasteiger partial charge >= 0.3 is 0 Å². The van der Waals surface area contributed by atoms with Crippen LogP contribution in [-0.2, 0) is 0 Å². The van der Waals surface area contributed by atoms with Crippen molar-refractivity contribution in [3.63, 3.8) is 0 Å². The van der Waals surface area contributed by atoms with Gasteiger partial charge in [-0.2, -0.15) is 0 Å². The van der Waals surface area contributed by atoms with Gasteiger partial charge in [-0.25, -0.2) is 28.7 Å². The zero-order valence-corrected chi connectivity index (χ0v) is 21.1. The smallest absolute Gasteiger partial charge is 0.255 e. The molecule has 0 spiro atoms. The Morgan fingerprint density at radius 2 is 1.95 bits per heavy atom. The van der Waals surface area contributed by atoms with Crippen LogP contribution in [0, 0.1) is 18.6 Å². The van der Waals surface area contributed by atoms with Crippen LogP contribution in [0.25, 0.3) is 22.3 Å². The molecule has 1 aromatic carbocycles. The minimum atomic E-state index is -0.685. The SMILES string of the molecule is Cc1nc2c(F)cc(-c3nc(Nc4ccc(C(=O)N5CCNC[C@@H]5C)cn4)ncc3F)cc2n1C(C)C. The summed E-state index contributed by atoms with van der Waals surface area (Å²) < 4.78 is 31.6. The third kappa shape index (κ3) is 4.74. The standard InChI is InChI=1S/C26H28F2N8O/c1-14(2)36-16(4)32-24-19(27)9-18(10-21(24)36)23-20(28)13-31-26(34-23)33-22-6-5-17(12-30-22)25(37)35-8-7-29-11-15(35)3/h5-6,9-10,12-15,29H,7-8,11H2,1-4H3,(H,30,31,33,34)/t15-/m0/s1. The van der Waals surface area contributed by atoms with E-state index in [1.54, 1.807) is 18.2 Å². The number of aromatic nitrogens is 5. The van der Waals surface area contributed by atoms with E-state index in [4.69, 9.17) is 0 Å². The number of pyridine rings is 1. The molecule has 0 aliphatic carbocycles. The number of hydrogen-bond acceptors (Lipinski definition) is 7. The number of piperazine rings is 1. The van der Waals surface area contributed by atoms with E-state index in [0.717, 1.165) is 19.3 Å². The summed E-state index contributed by atoms with van der Waals surface area (Å²) >= 11 is 0. The molecule has 1 amide bonds. The monoisotopic (exact) mass is 506 g/mol. The van der Waals surface area contributed by atoms with Gasteiger partial charge in [0.05, 0.1) is 17.3 Å². The number of amides is 1. The fourth-order valence-corrected chi connectivity index (χ4v) is 4.70. The molecule has 37 heavy (non-hydrogen) atoms. The minimum absolute atomic E-state index is 0.0443. The van der Waals surface area contributed by atoms with E-state index in [9.17, 15) is 13.6 Å². The van der Waals surface area contributed by atoms with Crippen molar-refractivity contribution < 1.29 is 13.6 Å². The molecule has 4 heterocycles. The van der Waals surface area contributed by atoms with Crippen molar-refractivity contribution in [3.8, 4) is 11.3 Å². The Balaban J connectivity index is 1.41. The highest BCUT2D eigenvalue weighted by Crippen LogP contribution is 2.30. The van der Waals surface area contributed by atoms with Crippen molar-refractivity contribution in [1.29, 1.82) is 0 Å². The number of carbonyl (C=O) groups is 1. The van der Waals surface area contributed by atoms with Gasteiger partial charge in [0.15, 0.2) is 11.6 Å². The molecule has 192 valence electrons. The number of benzene rings is 1. The molecule has 1 aliphatic heterocycles. The van der Waals surface area contributed by atoms with Crippen molar-refractivity contribution in [3.05, 3.63) is 59.7 Å². The number of nitrogens with zero attached hydrogens (tertiary/aromatic N) is 6. The van der Waals surface area contributed by atoms with E-state index in [1.165, 1.54) is 12.3 Å². The topological polar surface area (TPSA) is 101 Å². The highest BCUT2D eigenvalue weighted by molar-refractivity contribution is 5.94. The van der Waals surface area contributed by atoms with Crippen LogP contribution in [0.4, 0.5) is 20.5 Å². The number of imidazole rings is 1. The van der Waals surface area contributed by atoms with Crippen LogP contribution in [0.2, 0.25) is 0 Å². The highest BCUT2D eigenvalue weighted by Gasteiger charge is 2.24. The number of halogens is 2. The van der Waals surface area contributed by atoms with Gasteiger partial charge in [0.2, 0.25) is 5.95 Å². The normalized spacial score (nSPS) is 16.0. The first kappa shape index (κ1) is 24.7. The average molecular weight is 507 g/mol. The molecule has 0 unspecified atom stereocenters. The van der Waals surface area contributed by atoms with Gasteiger partial charge in [0.25, 0.3) is 5.91 Å². The van der Waals surface area contributed by atoms with Gasteiger partial charge in [-0.15, -0.1) is 0 Å². The first-order valence-corrected chi connectivity index (χ1v) is 12.2. The molecule has 1 atom stereocenters. The Bertz CT molecular complexity index is 1470. The summed E-state index contributed by atoms with van der Waals surface area (Å²) in [5.41, 5.74) is 1.49. The van der Waals surface area contributed by atoms with E-state index in [0.29, 0.717) is 29.3 Å². The van der Waals surface area contributed by atoms with E-state index in [2.05, 4.69) is 30.6 Å². The first-order chi connectivity index (χ1) is 17.7. The van der Waals surface area contributed by atoms with Crippen LogP contribution in [0.15, 0.2) is 36.7 Å². The summed E-state index contributed by atoms with van der Waals surface area (Å²) in [5.74, 6) is -0.170. The number of rotatable bonds is 5. The second kappa shape index (κ2) is 9.81. The summed E-state index contributed by atoms with van der Waals surface area (Å²) in [6.07, 6.45) is 2.52. The second-order valence-electron chi connectivity index (χ2n) is 9.45. The molecule has 5 rings (SSSR count). The Morgan fingerprint density at radius 3 is 2.65 bits per heavy atom. The largest absolute Gasteiger partial charge is 0.333 e. The molecular weight excluding hydrogens is 478 g/mol. The lowest BCUT2D eigenvalue weighted by Gasteiger charge is -2.33. The van der Waals surface area contributed by atoms with Crippen molar-refractivity contribution in [2.75, 3.05) is 25.0 Å². The number of anilines is 2. The molecule has 1 saturated heterocycles. The third-order valence-corrected chi connectivity index (χ3v) is 6.47. The summed E-state index contributed by atoms with van der Waals surface area (Å²) in [4.78, 5) is 31.6. The summed E-state index contributed by atoms with van der Waals surface area (Å²) in [6.45, 7) is 9.89. The van der Waals surface area contributed by atoms with E-state index in [-0.39, 0.29) is 40.7 Å². The third-order valence-electron chi connectivity index (χ3n) is 6.47. The number of hydrogen-bond donors (Lipinski definition) is 2. The van der Waals surface area contributed by atoms with Crippen LogP contribution in [-0.4, -0.2) is 61.0 Å². The van der Waals surface area contributed by atoms with Gasteiger partial charge in [-0.3, -0.25) is 4.79 Å². The molecule has 9 nitrogen and oxygen atoms in total. The zero-order valence-electron chi connectivity index (χ0n) is 21.1. The lowest BCUT2D eigenvalue weighted by atomic mass is 10.1. The number of fused-ring (bicyclic) bond motifs is 1. The fourth-order valence-electron chi connectivity index (χ4n) is 4.70. The molecule has 4 aromatic rings. The van der Waals surface area contributed by atoms with E-state index < -0.39 is 11.6 Å². The summed E-state index contributed by atoms with van der Waals surface area (Å²) in [6, 6.07) is 6.37. The quantitative estimate of drug-likeness (QED) is 0.418. The maximum absolute atomic E-state index is 14.9. The molecule has 3 aromatic heterocycles. The average Bonchev–Trinajstić information content (AvgIpc) is 3.22. The molecule has 1 aliphatic rings. The highest BCUT2D eigenvalue weighted by atomic mass is 19.1. The van der Waals surface area contributed by atoms with Gasteiger partial charge in [0.1, 0.15) is 22.9 Å². The van der Waals surface area contributed by atoms with Gasteiger partial charge < -0.3 is 20.1 Å². The summed E-state index contributed by atoms with van der Waals surface area (Å²) in [7, 11) is 0. The first-order valence-electron chi connectivity index (χ1n) is 12.2. The van der Waals surface area contributed by atoms with Crippen LogP contribution in [0.3, 0.4) is 0 Å². The fraction of sp³-hybridized carbons (Fsp3) is 0.346. The number of nitrogens with one attached hydrogen (secondary N) is 2. The number of aryl methyl sites for hydroxylation is 1. The van der Waals surface area contributed by atoms with Crippen LogP contribution in [0.5, 0.6) is 0 Å². The van der Waals surface area contributed by atoms with E-state index >= 15 is 0 Å². The molecule has 11 heteroatoms. The Morgan fingerprint density at radius 1 is 1.14 bits per heavy atom. The predicted molar refractivity (Wildman–Crippen MR) is 137 cm³/mol. The van der Waals surface area contributed by atoms with Crippen LogP contribution < -0.4 is 10.6 Å². The van der Waals surface area contributed by atoms with Crippen LogP contribution in [0.1, 0.15) is 43.0 Å². The molecule has 0 radical (unpaired) electrons.